The van der Waals surface area contributed by atoms with Crippen LogP contribution in [0.5, 0.6) is 0 Å². The van der Waals surface area contributed by atoms with Gasteiger partial charge in [0.15, 0.2) is 0 Å². The van der Waals surface area contributed by atoms with Gasteiger partial charge in [0.1, 0.15) is 17.6 Å². The summed E-state index contributed by atoms with van der Waals surface area (Å²) in [6.07, 6.45) is 5.20. The van der Waals surface area contributed by atoms with Gasteiger partial charge in [-0.25, -0.2) is 0 Å². The third kappa shape index (κ3) is 3.70. The van der Waals surface area contributed by atoms with Crippen LogP contribution in [0.4, 0.5) is 0 Å². The van der Waals surface area contributed by atoms with Gasteiger partial charge in [-0.1, -0.05) is 20.3 Å². The normalized spacial score (nSPS) is 24.6. The molecule has 1 heterocycles. The SMILES string of the molecule is CC[C@H]1CN(C(=N)/C=C\C(=N)C#N)CC[C@H]1C. The highest BCUT2D eigenvalue weighted by Crippen LogP contribution is 2.25. The molecule has 4 heteroatoms. The number of allylic oxidation sites excluding steroid dienone is 1. The third-order valence-corrected chi connectivity index (χ3v) is 3.51. The van der Waals surface area contributed by atoms with Gasteiger partial charge in [0, 0.05) is 13.1 Å². The molecule has 0 bridgehead atoms. The third-order valence-electron chi connectivity index (χ3n) is 3.51. The number of likely N-dealkylation sites (tertiary alicyclic amines) is 1. The van der Waals surface area contributed by atoms with E-state index in [1.807, 2.05) is 4.90 Å². The zero-order chi connectivity index (χ0) is 12.8. The summed E-state index contributed by atoms with van der Waals surface area (Å²) in [6, 6.07) is 1.73. The van der Waals surface area contributed by atoms with Crippen molar-refractivity contribution in [3.63, 3.8) is 0 Å². The summed E-state index contributed by atoms with van der Waals surface area (Å²) < 4.78 is 0. The first kappa shape index (κ1) is 13.4. The largest absolute Gasteiger partial charge is 0.357 e. The Hall–Kier alpha value is -1.63. The van der Waals surface area contributed by atoms with Crippen LogP contribution in [0.25, 0.3) is 0 Å². The summed E-state index contributed by atoms with van der Waals surface area (Å²) in [5, 5.41) is 23.6. The molecule has 0 radical (unpaired) electrons. The lowest BCUT2D eigenvalue weighted by Gasteiger charge is -2.37. The van der Waals surface area contributed by atoms with E-state index in [2.05, 4.69) is 13.8 Å². The molecule has 0 saturated carbocycles. The Balaban J connectivity index is 2.57. The van der Waals surface area contributed by atoms with E-state index < -0.39 is 0 Å². The summed E-state index contributed by atoms with van der Waals surface area (Å²) in [5.41, 5.74) is -0.104. The molecule has 92 valence electrons. The van der Waals surface area contributed by atoms with Crippen LogP contribution >= 0.6 is 0 Å². The van der Waals surface area contributed by atoms with Crippen LogP contribution < -0.4 is 0 Å². The Morgan fingerprint density at radius 2 is 2.18 bits per heavy atom. The molecule has 2 N–H and O–H groups in total. The summed E-state index contributed by atoms with van der Waals surface area (Å²) in [5.74, 6) is 1.79. The number of piperidine rings is 1. The Labute approximate surface area is 103 Å². The molecule has 0 aromatic rings. The van der Waals surface area contributed by atoms with Crippen LogP contribution in [-0.4, -0.2) is 29.5 Å². The molecule has 4 nitrogen and oxygen atoms in total. The lowest BCUT2D eigenvalue weighted by Crippen LogP contribution is -2.42. The smallest absolute Gasteiger partial charge is 0.132 e. The second kappa shape index (κ2) is 6.19. The number of nitrogens with zero attached hydrogens (tertiary/aromatic N) is 2. The van der Waals surface area contributed by atoms with Crippen molar-refractivity contribution in [1.82, 2.24) is 4.90 Å². The van der Waals surface area contributed by atoms with Crippen LogP contribution in [0.2, 0.25) is 0 Å². The molecular formula is C13H20N4. The fraction of sp³-hybridized carbons (Fsp3) is 0.615. The summed E-state index contributed by atoms with van der Waals surface area (Å²) >= 11 is 0. The van der Waals surface area contributed by atoms with E-state index in [-0.39, 0.29) is 5.71 Å². The highest BCUT2D eigenvalue weighted by Gasteiger charge is 2.25. The van der Waals surface area contributed by atoms with Crippen LogP contribution in [0.15, 0.2) is 12.2 Å². The number of hydrogen-bond acceptors (Lipinski definition) is 3. The maximum atomic E-state index is 8.46. The van der Waals surface area contributed by atoms with E-state index in [4.69, 9.17) is 16.1 Å². The Kier molecular flexibility index (Phi) is 4.89. The number of hydrogen-bond donors (Lipinski definition) is 2. The molecule has 0 aliphatic carbocycles. The first-order valence-corrected chi connectivity index (χ1v) is 6.08. The second-order valence-corrected chi connectivity index (χ2v) is 4.62. The molecule has 1 aliphatic rings. The molecule has 2 atom stereocenters. The van der Waals surface area contributed by atoms with Crippen molar-refractivity contribution in [2.24, 2.45) is 11.8 Å². The maximum Gasteiger partial charge on any atom is 0.132 e. The van der Waals surface area contributed by atoms with Crippen molar-refractivity contribution in [2.75, 3.05) is 13.1 Å². The maximum absolute atomic E-state index is 8.46. The summed E-state index contributed by atoms with van der Waals surface area (Å²) in [7, 11) is 0. The highest BCUT2D eigenvalue weighted by molar-refractivity contribution is 6.08. The van der Waals surface area contributed by atoms with Gasteiger partial charge in [-0.05, 0) is 30.4 Å². The molecule has 0 amide bonds. The standard InChI is InChI=1S/C13H20N4/c1-3-11-9-17(7-6-10(11)2)13(16)5-4-12(15)8-14/h4-5,10-11,15-16H,3,6-7,9H2,1-2H3/b5-4-,15-12?,16-13?/t10-,11+/m1/s1. The van der Waals surface area contributed by atoms with E-state index in [9.17, 15) is 0 Å². The fourth-order valence-corrected chi connectivity index (χ4v) is 2.20. The van der Waals surface area contributed by atoms with Crippen LogP contribution in [0.1, 0.15) is 26.7 Å². The molecule has 17 heavy (non-hydrogen) atoms. The van der Waals surface area contributed by atoms with Gasteiger partial charge in [-0.15, -0.1) is 0 Å². The Morgan fingerprint density at radius 1 is 1.47 bits per heavy atom. The number of amidine groups is 1. The zero-order valence-corrected chi connectivity index (χ0v) is 10.5. The molecule has 0 unspecified atom stereocenters. The van der Waals surface area contributed by atoms with Gasteiger partial charge in [-0.3, -0.25) is 10.8 Å². The van der Waals surface area contributed by atoms with Crippen LogP contribution in [0, 0.1) is 34.0 Å². The van der Waals surface area contributed by atoms with Gasteiger partial charge in [0.25, 0.3) is 0 Å². The molecule has 1 fully saturated rings. The minimum absolute atomic E-state index is 0.104. The van der Waals surface area contributed by atoms with Crippen molar-refractivity contribution in [2.45, 2.75) is 26.7 Å². The number of nitrogens with one attached hydrogen (secondary N) is 2. The fourth-order valence-electron chi connectivity index (χ4n) is 2.20. The molecule has 0 aromatic carbocycles. The molecular weight excluding hydrogens is 212 g/mol. The van der Waals surface area contributed by atoms with Crippen molar-refractivity contribution >= 4 is 11.5 Å². The van der Waals surface area contributed by atoms with Gasteiger partial charge < -0.3 is 4.90 Å². The van der Waals surface area contributed by atoms with E-state index in [0.717, 1.165) is 31.8 Å². The second-order valence-electron chi connectivity index (χ2n) is 4.62. The first-order chi connectivity index (χ1) is 8.08. The quantitative estimate of drug-likeness (QED) is 0.579. The average Bonchev–Trinajstić information content (AvgIpc) is 2.35. The zero-order valence-electron chi connectivity index (χ0n) is 10.5. The molecule has 0 aromatic heterocycles. The lowest BCUT2D eigenvalue weighted by molar-refractivity contribution is 0.185. The van der Waals surface area contributed by atoms with E-state index in [1.165, 1.54) is 6.08 Å². The van der Waals surface area contributed by atoms with Gasteiger partial charge in [0.2, 0.25) is 0 Å². The lowest BCUT2D eigenvalue weighted by atomic mass is 9.85. The molecule has 1 rings (SSSR count). The van der Waals surface area contributed by atoms with Crippen molar-refractivity contribution in [1.29, 1.82) is 16.1 Å². The Bertz CT molecular complexity index is 364. The topological polar surface area (TPSA) is 74.7 Å². The summed E-state index contributed by atoms with van der Waals surface area (Å²) in [6.45, 7) is 6.28. The van der Waals surface area contributed by atoms with Crippen molar-refractivity contribution in [3.8, 4) is 6.07 Å². The molecule has 1 saturated heterocycles. The van der Waals surface area contributed by atoms with Gasteiger partial charge >= 0.3 is 0 Å². The van der Waals surface area contributed by atoms with Gasteiger partial charge in [-0.2, -0.15) is 5.26 Å². The number of rotatable bonds is 3. The predicted molar refractivity (Wildman–Crippen MR) is 69.3 cm³/mol. The minimum atomic E-state index is -0.104. The minimum Gasteiger partial charge on any atom is -0.357 e. The van der Waals surface area contributed by atoms with Crippen LogP contribution in [-0.2, 0) is 0 Å². The average molecular weight is 232 g/mol. The summed E-state index contributed by atoms with van der Waals surface area (Å²) in [4.78, 5) is 2.04. The first-order valence-electron chi connectivity index (χ1n) is 6.08. The predicted octanol–water partition coefficient (Wildman–Crippen LogP) is 2.43. The molecule has 0 spiro atoms. The van der Waals surface area contributed by atoms with Gasteiger partial charge in [0.05, 0.1) is 0 Å². The van der Waals surface area contributed by atoms with Crippen LogP contribution in [0.3, 0.4) is 0 Å². The van der Waals surface area contributed by atoms with E-state index in [1.54, 1.807) is 12.1 Å². The van der Waals surface area contributed by atoms with E-state index in [0.29, 0.717) is 11.8 Å². The van der Waals surface area contributed by atoms with Crippen molar-refractivity contribution in [3.05, 3.63) is 12.2 Å². The van der Waals surface area contributed by atoms with E-state index >= 15 is 0 Å². The Morgan fingerprint density at radius 3 is 2.76 bits per heavy atom. The highest BCUT2D eigenvalue weighted by atomic mass is 15.2. The molecule has 1 aliphatic heterocycles. The number of nitriles is 1. The monoisotopic (exact) mass is 232 g/mol. The van der Waals surface area contributed by atoms with Crippen molar-refractivity contribution < 1.29 is 0 Å².